The second kappa shape index (κ2) is 3.09. The standard InChI is InChI=1S/C11H16N2O/c14-11-4-7-1-2-8(11)3-9(7)10-5-12-6-13-10/h5-9,11,14H,1-4H2,(H,12,13). The van der Waals surface area contributed by atoms with Gasteiger partial charge < -0.3 is 10.1 Å². The third-order valence-corrected chi connectivity index (χ3v) is 4.04. The highest BCUT2D eigenvalue weighted by molar-refractivity contribution is 5.10. The molecule has 0 spiro atoms. The third kappa shape index (κ3) is 1.19. The highest BCUT2D eigenvalue weighted by atomic mass is 16.3. The van der Waals surface area contributed by atoms with Crippen LogP contribution in [0.25, 0.3) is 0 Å². The topological polar surface area (TPSA) is 48.9 Å². The molecule has 1 aromatic rings. The number of aliphatic hydroxyl groups excluding tert-OH is 1. The summed E-state index contributed by atoms with van der Waals surface area (Å²) in [5, 5.41) is 9.79. The monoisotopic (exact) mass is 192 g/mol. The first-order chi connectivity index (χ1) is 6.84. The van der Waals surface area contributed by atoms with Crippen LogP contribution in [0.5, 0.6) is 0 Å². The number of fused-ring (bicyclic) bond motifs is 3. The van der Waals surface area contributed by atoms with Crippen LogP contribution in [0.4, 0.5) is 0 Å². The normalized spacial score (nSPS) is 41.5. The number of nitrogens with zero attached hydrogens (tertiary/aromatic N) is 1. The number of aromatic nitrogens is 2. The summed E-state index contributed by atoms with van der Waals surface area (Å²) in [5.41, 5.74) is 1.27. The highest BCUT2D eigenvalue weighted by Gasteiger charge is 2.41. The Hall–Kier alpha value is -0.830. The predicted octanol–water partition coefficient (Wildman–Crippen LogP) is 1.67. The number of aromatic amines is 1. The maximum atomic E-state index is 9.79. The van der Waals surface area contributed by atoms with Crippen molar-refractivity contribution in [2.45, 2.75) is 37.7 Å². The maximum absolute atomic E-state index is 9.79. The van der Waals surface area contributed by atoms with Gasteiger partial charge in [0.1, 0.15) is 0 Å². The van der Waals surface area contributed by atoms with E-state index in [1.165, 1.54) is 18.5 Å². The lowest BCUT2D eigenvalue weighted by molar-refractivity contribution is -0.0109. The zero-order valence-electron chi connectivity index (χ0n) is 8.19. The van der Waals surface area contributed by atoms with Crippen LogP contribution in [0.15, 0.2) is 12.5 Å². The Morgan fingerprint density at radius 2 is 2.14 bits per heavy atom. The number of imidazole rings is 1. The molecule has 3 fully saturated rings. The highest BCUT2D eigenvalue weighted by Crippen LogP contribution is 2.49. The van der Waals surface area contributed by atoms with Crippen LogP contribution >= 0.6 is 0 Å². The van der Waals surface area contributed by atoms with Crippen LogP contribution in [0, 0.1) is 11.8 Å². The van der Waals surface area contributed by atoms with Crippen LogP contribution < -0.4 is 0 Å². The fourth-order valence-electron chi connectivity index (χ4n) is 3.25. The lowest BCUT2D eigenvalue weighted by Crippen LogP contribution is -2.39. The van der Waals surface area contributed by atoms with Gasteiger partial charge >= 0.3 is 0 Å². The first-order valence-corrected chi connectivity index (χ1v) is 5.51. The van der Waals surface area contributed by atoms with Gasteiger partial charge in [-0.2, -0.15) is 0 Å². The number of H-pyrrole nitrogens is 1. The number of nitrogens with one attached hydrogen (secondary N) is 1. The minimum atomic E-state index is -0.0343. The van der Waals surface area contributed by atoms with E-state index in [4.69, 9.17) is 0 Å². The van der Waals surface area contributed by atoms with E-state index in [1.807, 2.05) is 6.20 Å². The van der Waals surface area contributed by atoms with E-state index in [0.29, 0.717) is 17.8 Å². The van der Waals surface area contributed by atoms with Gasteiger partial charge in [-0.3, -0.25) is 0 Å². The molecule has 0 saturated heterocycles. The van der Waals surface area contributed by atoms with Gasteiger partial charge in [0.2, 0.25) is 0 Å². The first kappa shape index (κ1) is 8.48. The first-order valence-electron chi connectivity index (χ1n) is 5.51. The molecule has 1 aromatic heterocycles. The molecule has 3 saturated carbocycles. The van der Waals surface area contributed by atoms with E-state index in [1.54, 1.807) is 6.33 Å². The van der Waals surface area contributed by atoms with Crippen LogP contribution in [0.1, 0.15) is 37.3 Å². The maximum Gasteiger partial charge on any atom is 0.0921 e. The van der Waals surface area contributed by atoms with Crippen molar-refractivity contribution in [3.8, 4) is 0 Å². The molecule has 3 heteroatoms. The second-order valence-corrected chi connectivity index (χ2v) is 4.75. The lowest BCUT2D eigenvalue weighted by atomic mass is 9.62. The van der Waals surface area contributed by atoms with Crippen LogP contribution in [0.2, 0.25) is 0 Å². The van der Waals surface area contributed by atoms with E-state index in [-0.39, 0.29) is 6.10 Å². The van der Waals surface area contributed by atoms with Crippen molar-refractivity contribution >= 4 is 0 Å². The minimum absolute atomic E-state index is 0.0343. The molecule has 3 aliphatic carbocycles. The number of rotatable bonds is 1. The van der Waals surface area contributed by atoms with Gasteiger partial charge in [0.15, 0.2) is 0 Å². The van der Waals surface area contributed by atoms with E-state index in [0.717, 1.165) is 12.8 Å². The number of aliphatic hydroxyl groups is 1. The van der Waals surface area contributed by atoms with Crippen molar-refractivity contribution in [1.29, 1.82) is 0 Å². The number of hydrogen-bond donors (Lipinski definition) is 2. The molecule has 3 nitrogen and oxygen atoms in total. The molecule has 0 aliphatic heterocycles. The molecule has 14 heavy (non-hydrogen) atoms. The zero-order valence-corrected chi connectivity index (χ0v) is 8.19. The molecule has 2 bridgehead atoms. The summed E-state index contributed by atoms with van der Waals surface area (Å²) in [5.74, 6) is 1.84. The van der Waals surface area contributed by atoms with Crippen molar-refractivity contribution in [3.05, 3.63) is 18.2 Å². The van der Waals surface area contributed by atoms with E-state index >= 15 is 0 Å². The van der Waals surface area contributed by atoms with Crippen LogP contribution in [0.3, 0.4) is 0 Å². The second-order valence-electron chi connectivity index (χ2n) is 4.75. The van der Waals surface area contributed by atoms with Gasteiger partial charge in [-0.25, -0.2) is 4.98 Å². The summed E-state index contributed by atoms with van der Waals surface area (Å²) in [6.07, 6.45) is 8.31. The average molecular weight is 192 g/mol. The largest absolute Gasteiger partial charge is 0.393 e. The molecule has 76 valence electrons. The number of hydrogen-bond acceptors (Lipinski definition) is 2. The van der Waals surface area contributed by atoms with Gasteiger partial charge in [-0.1, -0.05) is 0 Å². The Kier molecular flexibility index (Phi) is 1.87. The summed E-state index contributed by atoms with van der Waals surface area (Å²) in [6, 6.07) is 0. The Morgan fingerprint density at radius 1 is 1.29 bits per heavy atom. The van der Waals surface area contributed by atoms with Gasteiger partial charge in [0, 0.05) is 17.8 Å². The Morgan fingerprint density at radius 3 is 2.71 bits per heavy atom. The molecule has 4 atom stereocenters. The summed E-state index contributed by atoms with van der Waals surface area (Å²) >= 11 is 0. The quantitative estimate of drug-likeness (QED) is 0.711. The smallest absolute Gasteiger partial charge is 0.0921 e. The van der Waals surface area contributed by atoms with Gasteiger partial charge in [-0.15, -0.1) is 0 Å². The Balaban J connectivity index is 1.84. The van der Waals surface area contributed by atoms with Crippen molar-refractivity contribution in [3.63, 3.8) is 0 Å². The SMILES string of the molecule is OC1CC2CCC1CC2c1cnc[nH]1. The fraction of sp³-hybridized carbons (Fsp3) is 0.727. The molecule has 4 unspecified atom stereocenters. The molecule has 4 rings (SSSR count). The molecule has 0 aromatic carbocycles. The fourth-order valence-corrected chi connectivity index (χ4v) is 3.25. The summed E-state index contributed by atoms with van der Waals surface area (Å²) < 4.78 is 0. The minimum Gasteiger partial charge on any atom is -0.393 e. The van der Waals surface area contributed by atoms with Gasteiger partial charge in [-0.05, 0) is 37.5 Å². The summed E-state index contributed by atoms with van der Waals surface area (Å²) in [6.45, 7) is 0. The lowest BCUT2D eigenvalue weighted by Gasteiger charge is -2.44. The van der Waals surface area contributed by atoms with Crippen molar-refractivity contribution < 1.29 is 5.11 Å². The molecule has 3 aliphatic rings. The van der Waals surface area contributed by atoms with Gasteiger partial charge in [0.05, 0.1) is 12.4 Å². The molecule has 0 radical (unpaired) electrons. The van der Waals surface area contributed by atoms with E-state index < -0.39 is 0 Å². The molecule has 1 heterocycles. The summed E-state index contributed by atoms with van der Waals surface area (Å²) in [7, 11) is 0. The molecule has 2 N–H and O–H groups in total. The average Bonchev–Trinajstić information content (AvgIpc) is 2.71. The van der Waals surface area contributed by atoms with Crippen molar-refractivity contribution in [2.75, 3.05) is 0 Å². The van der Waals surface area contributed by atoms with E-state index in [2.05, 4.69) is 9.97 Å². The van der Waals surface area contributed by atoms with Crippen molar-refractivity contribution in [2.24, 2.45) is 11.8 Å². The zero-order chi connectivity index (χ0) is 9.54. The van der Waals surface area contributed by atoms with Crippen molar-refractivity contribution in [1.82, 2.24) is 9.97 Å². The Bertz CT molecular complexity index is 309. The molecule has 0 amide bonds. The van der Waals surface area contributed by atoms with Crippen LogP contribution in [-0.2, 0) is 0 Å². The Labute approximate surface area is 83.6 Å². The van der Waals surface area contributed by atoms with Gasteiger partial charge in [0.25, 0.3) is 0 Å². The van der Waals surface area contributed by atoms with Crippen LogP contribution in [-0.4, -0.2) is 21.2 Å². The predicted molar refractivity (Wildman–Crippen MR) is 52.8 cm³/mol. The third-order valence-electron chi connectivity index (χ3n) is 4.04. The van der Waals surface area contributed by atoms with E-state index in [9.17, 15) is 5.11 Å². The molecular formula is C11H16N2O. The molecular weight excluding hydrogens is 176 g/mol. The summed E-state index contributed by atoms with van der Waals surface area (Å²) in [4.78, 5) is 7.30.